The molecule has 0 aliphatic carbocycles. The van der Waals surface area contributed by atoms with Crippen molar-refractivity contribution in [2.24, 2.45) is 5.73 Å². The number of thiophene rings is 1. The van der Waals surface area contributed by atoms with Crippen molar-refractivity contribution in [3.63, 3.8) is 0 Å². The number of imidazole rings is 1. The van der Waals surface area contributed by atoms with Gasteiger partial charge in [0.1, 0.15) is 12.4 Å². The minimum atomic E-state index is -0.391. The Bertz CT molecular complexity index is 712. The number of hydrogen-bond acceptors (Lipinski definition) is 4. The lowest BCUT2D eigenvalue weighted by atomic mass is 9.97. The lowest BCUT2D eigenvalue weighted by molar-refractivity contribution is -0.118. The van der Waals surface area contributed by atoms with Crippen LogP contribution in [0.15, 0.2) is 29.9 Å². The number of aromatic nitrogens is 2. The van der Waals surface area contributed by atoms with Crippen molar-refractivity contribution in [1.82, 2.24) is 19.8 Å². The first kappa shape index (κ1) is 17.5. The molecule has 1 aliphatic rings. The van der Waals surface area contributed by atoms with Gasteiger partial charge in [0, 0.05) is 42.8 Å². The quantitative estimate of drug-likeness (QED) is 0.818. The molecule has 7 nitrogen and oxygen atoms in total. The molecule has 1 saturated heterocycles. The van der Waals surface area contributed by atoms with Crippen LogP contribution in [0.5, 0.6) is 0 Å². The second-order valence-electron chi connectivity index (χ2n) is 6.23. The molecule has 0 spiro atoms. The molecule has 1 unspecified atom stereocenters. The van der Waals surface area contributed by atoms with E-state index in [9.17, 15) is 9.59 Å². The first-order valence-corrected chi connectivity index (χ1v) is 9.36. The Morgan fingerprint density at radius 1 is 1.44 bits per heavy atom. The minimum absolute atomic E-state index is 0.0331. The number of urea groups is 1. The van der Waals surface area contributed by atoms with Gasteiger partial charge in [0.15, 0.2) is 0 Å². The first-order valence-electron chi connectivity index (χ1n) is 8.48. The number of hydrogen-bond donors (Lipinski definition) is 2. The minimum Gasteiger partial charge on any atom is -0.368 e. The van der Waals surface area contributed by atoms with Gasteiger partial charge < -0.3 is 20.5 Å². The number of rotatable bonds is 6. The zero-order valence-corrected chi connectivity index (χ0v) is 14.9. The highest BCUT2D eigenvalue weighted by Crippen LogP contribution is 2.25. The van der Waals surface area contributed by atoms with E-state index in [-0.39, 0.29) is 18.5 Å². The van der Waals surface area contributed by atoms with Crippen molar-refractivity contribution in [3.05, 3.63) is 40.6 Å². The molecule has 25 heavy (non-hydrogen) atoms. The maximum Gasteiger partial charge on any atom is 0.317 e. The van der Waals surface area contributed by atoms with E-state index < -0.39 is 5.91 Å². The molecule has 3 heterocycles. The normalized spacial score (nSPS) is 17.4. The molecular formula is C17H23N5O2S. The Hall–Kier alpha value is -2.35. The second-order valence-corrected chi connectivity index (χ2v) is 7.26. The Morgan fingerprint density at radius 3 is 3.08 bits per heavy atom. The van der Waals surface area contributed by atoms with Crippen LogP contribution in [-0.4, -0.2) is 46.0 Å². The van der Waals surface area contributed by atoms with E-state index in [2.05, 4.69) is 16.4 Å². The summed E-state index contributed by atoms with van der Waals surface area (Å²) in [5.74, 6) is 0.569. The van der Waals surface area contributed by atoms with Crippen LogP contribution in [0.2, 0.25) is 0 Å². The smallest absolute Gasteiger partial charge is 0.317 e. The Morgan fingerprint density at radius 2 is 2.32 bits per heavy atom. The van der Waals surface area contributed by atoms with Crippen molar-refractivity contribution in [2.45, 2.75) is 31.7 Å². The highest BCUT2D eigenvalue weighted by molar-refractivity contribution is 7.09. The van der Waals surface area contributed by atoms with Gasteiger partial charge in [0.25, 0.3) is 0 Å². The maximum absolute atomic E-state index is 12.4. The van der Waals surface area contributed by atoms with Gasteiger partial charge >= 0.3 is 6.03 Å². The summed E-state index contributed by atoms with van der Waals surface area (Å²) >= 11 is 1.70. The van der Waals surface area contributed by atoms with Crippen molar-refractivity contribution < 1.29 is 9.59 Å². The lowest BCUT2D eigenvalue weighted by Crippen LogP contribution is -2.45. The van der Waals surface area contributed by atoms with Crippen LogP contribution in [0, 0.1) is 0 Å². The summed E-state index contributed by atoms with van der Waals surface area (Å²) in [6, 6.07) is 4.06. The third kappa shape index (κ3) is 4.60. The van der Waals surface area contributed by atoms with Gasteiger partial charge in [0.2, 0.25) is 5.91 Å². The molecule has 0 radical (unpaired) electrons. The Balaban J connectivity index is 1.54. The van der Waals surface area contributed by atoms with Crippen molar-refractivity contribution in [2.75, 3.05) is 19.6 Å². The predicted molar refractivity (Wildman–Crippen MR) is 96.4 cm³/mol. The van der Waals surface area contributed by atoms with E-state index in [1.807, 2.05) is 16.3 Å². The van der Waals surface area contributed by atoms with E-state index in [4.69, 9.17) is 5.73 Å². The third-order valence-corrected chi connectivity index (χ3v) is 5.31. The molecule has 2 aromatic rings. The summed E-state index contributed by atoms with van der Waals surface area (Å²) in [4.78, 5) is 31.1. The number of primary amides is 1. The summed E-state index contributed by atoms with van der Waals surface area (Å²) in [5, 5.41) is 5.04. The van der Waals surface area contributed by atoms with E-state index >= 15 is 0 Å². The third-order valence-electron chi connectivity index (χ3n) is 4.38. The van der Waals surface area contributed by atoms with E-state index in [0.717, 1.165) is 31.6 Å². The average Bonchev–Trinajstić information content (AvgIpc) is 3.26. The monoisotopic (exact) mass is 361 g/mol. The first-order chi connectivity index (χ1) is 12.1. The van der Waals surface area contributed by atoms with Crippen molar-refractivity contribution in [3.8, 4) is 0 Å². The van der Waals surface area contributed by atoms with Crippen molar-refractivity contribution >= 4 is 23.3 Å². The summed E-state index contributed by atoms with van der Waals surface area (Å²) < 4.78 is 1.78. The number of piperidine rings is 1. The highest BCUT2D eigenvalue weighted by atomic mass is 32.1. The fraction of sp³-hybridized carbons (Fsp3) is 0.471. The fourth-order valence-corrected chi connectivity index (χ4v) is 3.92. The molecule has 1 fully saturated rings. The van der Waals surface area contributed by atoms with Crippen molar-refractivity contribution in [1.29, 1.82) is 0 Å². The molecule has 134 valence electrons. The van der Waals surface area contributed by atoms with Gasteiger partial charge in [-0.25, -0.2) is 9.78 Å². The summed E-state index contributed by atoms with van der Waals surface area (Å²) in [5.41, 5.74) is 5.29. The molecule has 3 rings (SSSR count). The summed E-state index contributed by atoms with van der Waals surface area (Å²) in [7, 11) is 0. The fourth-order valence-electron chi connectivity index (χ4n) is 3.21. The molecular weight excluding hydrogens is 338 g/mol. The van der Waals surface area contributed by atoms with E-state index in [0.29, 0.717) is 13.1 Å². The molecule has 0 bridgehead atoms. The molecule has 0 aromatic carbocycles. The number of carbonyl (C=O) groups is 2. The standard InChI is InChI=1S/C17H23N5O2S/c18-15(23)12-21-9-7-19-16(21)13-3-1-8-22(11-13)17(24)20-6-5-14-4-2-10-25-14/h2,4,7,9-10,13H,1,3,5-6,8,11-12H2,(H2,18,23)(H,20,24). The molecule has 3 amide bonds. The molecule has 2 aromatic heterocycles. The van der Waals surface area contributed by atoms with Crippen LogP contribution in [0.25, 0.3) is 0 Å². The van der Waals surface area contributed by atoms with Crippen LogP contribution < -0.4 is 11.1 Å². The lowest BCUT2D eigenvalue weighted by Gasteiger charge is -2.32. The predicted octanol–water partition coefficient (Wildman–Crippen LogP) is 1.56. The number of carbonyl (C=O) groups excluding carboxylic acids is 2. The van der Waals surface area contributed by atoms with Gasteiger partial charge in [-0.2, -0.15) is 0 Å². The van der Waals surface area contributed by atoms with E-state index in [1.54, 1.807) is 28.3 Å². The summed E-state index contributed by atoms with van der Waals surface area (Å²) in [6.45, 7) is 2.12. The number of amides is 3. The largest absolute Gasteiger partial charge is 0.368 e. The second kappa shape index (κ2) is 8.15. The molecule has 8 heteroatoms. The molecule has 0 saturated carbocycles. The van der Waals surface area contributed by atoms with Gasteiger partial charge in [-0.3, -0.25) is 4.79 Å². The number of nitrogens with zero attached hydrogens (tertiary/aromatic N) is 3. The average molecular weight is 361 g/mol. The number of nitrogens with two attached hydrogens (primary N) is 1. The zero-order valence-electron chi connectivity index (χ0n) is 14.1. The Kier molecular flexibility index (Phi) is 5.70. The molecule has 3 N–H and O–H groups in total. The van der Waals surface area contributed by atoms with Crippen LogP contribution >= 0.6 is 11.3 Å². The highest BCUT2D eigenvalue weighted by Gasteiger charge is 2.27. The molecule has 1 atom stereocenters. The van der Waals surface area contributed by atoms with Gasteiger partial charge in [-0.1, -0.05) is 6.07 Å². The Labute approximate surface area is 150 Å². The van der Waals surface area contributed by atoms with Crippen LogP contribution in [0.1, 0.15) is 29.5 Å². The van der Waals surface area contributed by atoms with Gasteiger partial charge in [-0.15, -0.1) is 11.3 Å². The van der Waals surface area contributed by atoms with Gasteiger partial charge in [0.05, 0.1) is 0 Å². The maximum atomic E-state index is 12.4. The van der Waals surface area contributed by atoms with Gasteiger partial charge in [-0.05, 0) is 30.7 Å². The topological polar surface area (TPSA) is 93.2 Å². The SMILES string of the molecule is NC(=O)Cn1ccnc1C1CCCN(C(=O)NCCc2cccs2)C1. The molecule has 1 aliphatic heterocycles. The van der Waals surface area contributed by atoms with Crippen LogP contribution in [0.3, 0.4) is 0 Å². The zero-order chi connectivity index (χ0) is 17.6. The van der Waals surface area contributed by atoms with Crippen LogP contribution in [-0.2, 0) is 17.8 Å². The summed E-state index contributed by atoms with van der Waals surface area (Å²) in [6.07, 6.45) is 6.17. The van der Waals surface area contributed by atoms with Crippen LogP contribution in [0.4, 0.5) is 4.79 Å². The van der Waals surface area contributed by atoms with E-state index in [1.165, 1.54) is 4.88 Å². The number of nitrogens with one attached hydrogen (secondary N) is 1. The number of likely N-dealkylation sites (tertiary alicyclic amines) is 1.